The van der Waals surface area contributed by atoms with Crippen LogP contribution in [0.15, 0.2) is 77.7 Å². The molecule has 1 N–H and O–H groups in total. The maximum atomic E-state index is 14.0. The minimum atomic E-state index is -4.31. The predicted molar refractivity (Wildman–Crippen MR) is 155 cm³/mol. The SMILES string of the molecule is COc1ccc(S(=O)(=O)N(CC(=O)N(Cc2ccc(F)cc2)C(C)C(=O)NC2CCCCC2)c2ccc(F)cc2)cc1. The molecule has 224 valence electrons. The van der Waals surface area contributed by atoms with Crippen LogP contribution in [0.25, 0.3) is 0 Å². The third kappa shape index (κ3) is 7.64. The number of carbonyl (C=O) groups excluding carboxylic acids is 2. The quantitative estimate of drug-likeness (QED) is 0.334. The van der Waals surface area contributed by atoms with Gasteiger partial charge in [-0.1, -0.05) is 31.4 Å². The Kier molecular flexibility index (Phi) is 10.2. The first-order chi connectivity index (χ1) is 20.1. The Balaban J connectivity index is 1.66. The second-order valence-corrected chi connectivity index (χ2v) is 12.2. The predicted octanol–water partition coefficient (Wildman–Crippen LogP) is 5.03. The number of rotatable bonds is 11. The number of amides is 2. The molecule has 0 saturated heterocycles. The van der Waals surface area contributed by atoms with E-state index in [0.717, 1.165) is 48.5 Å². The van der Waals surface area contributed by atoms with Crippen LogP contribution < -0.4 is 14.4 Å². The van der Waals surface area contributed by atoms with Crippen molar-refractivity contribution in [1.82, 2.24) is 10.2 Å². The lowest BCUT2D eigenvalue weighted by Crippen LogP contribution is -2.53. The maximum Gasteiger partial charge on any atom is 0.264 e. The van der Waals surface area contributed by atoms with E-state index in [-0.39, 0.29) is 29.1 Å². The summed E-state index contributed by atoms with van der Waals surface area (Å²) in [6.45, 7) is 0.861. The Morgan fingerprint density at radius 1 is 0.905 bits per heavy atom. The molecule has 3 aromatic carbocycles. The number of carbonyl (C=O) groups is 2. The van der Waals surface area contributed by atoms with Crippen LogP contribution >= 0.6 is 0 Å². The lowest BCUT2D eigenvalue weighted by Gasteiger charge is -2.33. The van der Waals surface area contributed by atoms with E-state index in [9.17, 15) is 26.8 Å². The monoisotopic (exact) mass is 599 g/mol. The highest BCUT2D eigenvalue weighted by Gasteiger charge is 2.33. The summed E-state index contributed by atoms with van der Waals surface area (Å²) in [5.41, 5.74) is 0.634. The first kappa shape index (κ1) is 31.0. The van der Waals surface area contributed by atoms with Crippen molar-refractivity contribution < 1.29 is 31.5 Å². The molecule has 1 fully saturated rings. The van der Waals surface area contributed by atoms with E-state index in [1.807, 2.05) is 0 Å². The minimum absolute atomic E-state index is 0.00244. The number of ether oxygens (including phenoxy) is 1. The second-order valence-electron chi connectivity index (χ2n) is 10.3. The lowest BCUT2D eigenvalue weighted by molar-refractivity contribution is -0.139. The normalized spacial score (nSPS) is 14.6. The van der Waals surface area contributed by atoms with Gasteiger partial charge in [0, 0.05) is 12.6 Å². The van der Waals surface area contributed by atoms with Gasteiger partial charge in [0.05, 0.1) is 17.7 Å². The minimum Gasteiger partial charge on any atom is -0.497 e. The first-order valence-corrected chi connectivity index (χ1v) is 15.3. The van der Waals surface area contributed by atoms with E-state index < -0.39 is 40.2 Å². The average Bonchev–Trinajstić information content (AvgIpc) is 3.00. The Morgan fingerprint density at radius 2 is 1.48 bits per heavy atom. The van der Waals surface area contributed by atoms with Crippen LogP contribution in [0.1, 0.15) is 44.6 Å². The van der Waals surface area contributed by atoms with Gasteiger partial charge in [-0.25, -0.2) is 17.2 Å². The van der Waals surface area contributed by atoms with Gasteiger partial charge < -0.3 is 15.0 Å². The lowest BCUT2D eigenvalue weighted by atomic mass is 9.95. The van der Waals surface area contributed by atoms with Gasteiger partial charge in [0.1, 0.15) is 30.0 Å². The van der Waals surface area contributed by atoms with Crippen molar-refractivity contribution in [2.24, 2.45) is 0 Å². The molecule has 0 radical (unpaired) electrons. The number of nitrogens with zero attached hydrogens (tertiary/aromatic N) is 2. The molecule has 0 aliphatic heterocycles. The molecule has 3 aromatic rings. The number of hydrogen-bond donors (Lipinski definition) is 1. The Bertz CT molecular complexity index is 1460. The smallest absolute Gasteiger partial charge is 0.264 e. The Hall–Kier alpha value is -3.99. The molecule has 0 heterocycles. The number of methoxy groups -OCH3 is 1. The van der Waals surface area contributed by atoms with Crippen LogP contribution in [0.2, 0.25) is 0 Å². The highest BCUT2D eigenvalue weighted by molar-refractivity contribution is 7.92. The molecule has 1 aliphatic rings. The summed E-state index contributed by atoms with van der Waals surface area (Å²) in [5.74, 6) is -1.59. The fourth-order valence-electron chi connectivity index (χ4n) is 4.95. The fourth-order valence-corrected chi connectivity index (χ4v) is 6.36. The topological polar surface area (TPSA) is 96.0 Å². The zero-order valence-corrected chi connectivity index (χ0v) is 24.4. The molecule has 1 unspecified atom stereocenters. The molecule has 4 rings (SSSR count). The fraction of sp³-hybridized carbons (Fsp3) is 0.355. The Morgan fingerprint density at radius 3 is 2.05 bits per heavy atom. The zero-order chi connectivity index (χ0) is 30.3. The van der Waals surface area contributed by atoms with Gasteiger partial charge in [0.25, 0.3) is 10.0 Å². The maximum absolute atomic E-state index is 14.0. The van der Waals surface area contributed by atoms with Gasteiger partial charge in [-0.05, 0) is 86.0 Å². The van der Waals surface area contributed by atoms with Crippen LogP contribution in [0.5, 0.6) is 5.75 Å². The van der Waals surface area contributed by atoms with Gasteiger partial charge >= 0.3 is 0 Å². The molecule has 1 atom stereocenters. The summed E-state index contributed by atoms with van der Waals surface area (Å²) in [4.78, 5) is 28.5. The number of benzene rings is 3. The van der Waals surface area contributed by atoms with Gasteiger partial charge in [0.2, 0.25) is 11.8 Å². The summed E-state index contributed by atoms with van der Waals surface area (Å²) in [7, 11) is -2.86. The van der Waals surface area contributed by atoms with Gasteiger partial charge in [-0.3, -0.25) is 13.9 Å². The average molecular weight is 600 g/mol. The summed E-state index contributed by atoms with van der Waals surface area (Å²) in [5, 5.41) is 3.03. The van der Waals surface area contributed by atoms with E-state index in [0.29, 0.717) is 11.3 Å². The van der Waals surface area contributed by atoms with Crippen molar-refractivity contribution in [2.45, 2.75) is 62.6 Å². The molecule has 1 saturated carbocycles. The number of hydrogen-bond acceptors (Lipinski definition) is 5. The highest BCUT2D eigenvalue weighted by Crippen LogP contribution is 2.26. The molecule has 0 bridgehead atoms. The van der Waals surface area contributed by atoms with Gasteiger partial charge in [0.15, 0.2) is 0 Å². The second kappa shape index (κ2) is 13.8. The molecule has 8 nitrogen and oxygen atoms in total. The number of sulfonamides is 1. The highest BCUT2D eigenvalue weighted by atomic mass is 32.2. The van der Waals surface area contributed by atoms with Crippen LogP contribution in [-0.2, 0) is 26.2 Å². The summed E-state index contributed by atoms with van der Waals surface area (Å²) >= 11 is 0. The van der Waals surface area contributed by atoms with E-state index in [4.69, 9.17) is 4.74 Å². The van der Waals surface area contributed by atoms with Crippen molar-refractivity contribution in [3.8, 4) is 5.75 Å². The van der Waals surface area contributed by atoms with Gasteiger partial charge in [-0.15, -0.1) is 0 Å². The third-order valence-corrected chi connectivity index (χ3v) is 9.21. The molecule has 1 aliphatic carbocycles. The first-order valence-electron chi connectivity index (χ1n) is 13.8. The standard InChI is InChI=1S/C31H35F2N3O5S/c1-22(31(38)34-26-6-4-3-5-7-26)35(20-23-8-10-24(32)11-9-23)30(37)21-36(27-14-12-25(33)13-15-27)42(39,40)29-18-16-28(41-2)17-19-29/h8-19,22,26H,3-7,20-21H2,1-2H3,(H,34,38). The van der Waals surface area contributed by atoms with Crippen molar-refractivity contribution in [2.75, 3.05) is 18.0 Å². The van der Waals surface area contributed by atoms with Gasteiger partial charge in [-0.2, -0.15) is 0 Å². The van der Waals surface area contributed by atoms with Crippen LogP contribution in [0, 0.1) is 11.6 Å². The summed E-state index contributed by atoms with van der Waals surface area (Å²) in [6.07, 6.45) is 4.82. The molecular formula is C31H35F2N3O5S. The number of halogens is 2. The zero-order valence-electron chi connectivity index (χ0n) is 23.6. The molecule has 0 spiro atoms. The third-order valence-electron chi connectivity index (χ3n) is 7.43. The van der Waals surface area contributed by atoms with Crippen LogP contribution in [0.3, 0.4) is 0 Å². The van der Waals surface area contributed by atoms with Crippen molar-refractivity contribution in [3.63, 3.8) is 0 Å². The number of nitrogens with one attached hydrogen (secondary N) is 1. The van der Waals surface area contributed by atoms with E-state index in [1.54, 1.807) is 6.92 Å². The van der Waals surface area contributed by atoms with E-state index in [1.165, 1.54) is 72.7 Å². The molecule has 0 aromatic heterocycles. The molecule has 42 heavy (non-hydrogen) atoms. The molecule has 2 amide bonds. The molecular weight excluding hydrogens is 564 g/mol. The largest absolute Gasteiger partial charge is 0.497 e. The number of anilines is 1. The summed E-state index contributed by atoms with van der Waals surface area (Å²) in [6, 6.07) is 15.0. The van der Waals surface area contributed by atoms with Crippen molar-refractivity contribution in [3.05, 3.63) is 90.0 Å². The molecule has 11 heteroatoms. The van der Waals surface area contributed by atoms with Crippen LogP contribution in [-0.4, -0.2) is 50.9 Å². The Labute approximate surface area is 245 Å². The van der Waals surface area contributed by atoms with E-state index in [2.05, 4.69) is 5.32 Å². The van der Waals surface area contributed by atoms with E-state index >= 15 is 0 Å². The summed E-state index contributed by atoms with van der Waals surface area (Å²) < 4.78 is 61.1. The van der Waals surface area contributed by atoms with Crippen molar-refractivity contribution >= 4 is 27.5 Å². The van der Waals surface area contributed by atoms with Crippen molar-refractivity contribution in [1.29, 1.82) is 0 Å². The van der Waals surface area contributed by atoms with Crippen LogP contribution in [0.4, 0.5) is 14.5 Å².